The second-order valence-corrected chi connectivity index (χ2v) is 10.5. The molecular weight excluding hydrogens is 470 g/mol. The number of sulfone groups is 1. The Hall–Kier alpha value is -3.39. The third-order valence-electron chi connectivity index (χ3n) is 5.26. The molecule has 1 fully saturated rings. The quantitative estimate of drug-likeness (QED) is 0.474. The summed E-state index contributed by atoms with van der Waals surface area (Å²) in [5, 5.41) is 15.2. The molecule has 1 aliphatic carbocycles. The first-order chi connectivity index (χ1) is 15.8. The number of nitrogens with zero attached hydrogens (tertiary/aromatic N) is 5. The molecule has 14 heteroatoms. The lowest BCUT2D eigenvalue weighted by Gasteiger charge is -2.15. The Kier molecular flexibility index (Phi) is 6.37. The number of aryl methyl sites for hydroxylation is 1. The highest BCUT2D eigenvalue weighted by atomic mass is 32.2. The van der Waals surface area contributed by atoms with Gasteiger partial charge in [-0.15, -0.1) is 0 Å². The second-order valence-electron chi connectivity index (χ2n) is 7.41. The van der Waals surface area contributed by atoms with Crippen molar-refractivity contribution in [2.24, 2.45) is 13.0 Å². The Balaban J connectivity index is 1.51. The summed E-state index contributed by atoms with van der Waals surface area (Å²) in [7, 11) is -1.08. The first-order valence-electron chi connectivity index (χ1n) is 10.0. The molecular formula is C19H21N7O5S2. The van der Waals surface area contributed by atoms with E-state index >= 15 is 0 Å². The number of amides is 2. The topological polar surface area (TPSA) is 158 Å². The minimum Gasteiger partial charge on any atom is -0.497 e. The van der Waals surface area contributed by atoms with E-state index in [-0.39, 0.29) is 26.2 Å². The number of methoxy groups -OCH3 is 1. The van der Waals surface area contributed by atoms with Gasteiger partial charge in [0.1, 0.15) is 9.96 Å². The van der Waals surface area contributed by atoms with Crippen molar-refractivity contribution in [2.45, 2.75) is 35.0 Å². The number of urea groups is 1. The van der Waals surface area contributed by atoms with Crippen LogP contribution in [0.1, 0.15) is 36.0 Å². The van der Waals surface area contributed by atoms with Crippen LogP contribution in [0.2, 0.25) is 0 Å². The molecule has 0 aliphatic heterocycles. The highest BCUT2D eigenvalue weighted by Crippen LogP contribution is 2.32. The van der Waals surface area contributed by atoms with Gasteiger partial charge in [0.2, 0.25) is 0 Å². The zero-order valence-corrected chi connectivity index (χ0v) is 19.4. The van der Waals surface area contributed by atoms with Gasteiger partial charge in [-0.2, -0.15) is 0 Å². The van der Waals surface area contributed by atoms with Crippen LogP contribution in [-0.2, 0) is 16.9 Å². The van der Waals surface area contributed by atoms with Gasteiger partial charge >= 0.3 is 6.03 Å². The number of ketones is 1. The number of aromatic nitrogens is 5. The van der Waals surface area contributed by atoms with E-state index in [0.29, 0.717) is 17.0 Å². The number of nitrogens with one attached hydrogen (secondary N) is 2. The summed E-state index contributed by atoms with van der Waals surface area (Å²) in [4.78, 5) is 29.6. The molecule has 33 heavy (non-hydrogen) atoms. The third-order valence-corrected chi connectivity index (χ3v) is 8.34. The van der Waals surface area contributed by atoms with Crippen molar-refractivity contribution in [1.29, 1.82) is 0 Å². The molecule has 0 saturated heterocycles. The van der Waals surface area contributed by atoms with Crippen LogP contribution < -0.4 is 15.4 Å². The molecule has 0 radical (unpaired) electrons. The first-order valence-corrected chi connectivity index (χ1v) is 12.3. The maximum Gasteiger partial charge on any atom is 0.325 e. The SMILES string of the molecule is COc1ccc(NC(=O)Nc2ncc(S(=O)(=O)c3nnnn3C)s2)c(C(=O)C2CCCC2)c1. The summed E-state index contributed by atoms with van der Waals surface area (Å²) in [6, 6.07) is 4.18. The van der Waals surface area contributed by atoms with Gasteiger partial charge in [0, 0.05) is 18.5 Å². The summed E-state index contributed by atoms with van der Waals surface area (Å²) in [6.07, 6.45) is 4.76. The van der Waals surface area contributed by atoms with Crippen molar-refractivity contribution in [3.05, 3.63) is 30.0 Å². The van der Waals surface area contributed by atoms with Gasteiger partial charge < -0.3 is 10.1 Å². The summed E-state index contributed by atoms with van der Waals surface area (Å²) >= 11 is 0.756. The maximum absolute atomic E-state index is 13.0. The number of anilines is 2. The molecule has 174 valence electrons. The molecule has 0 spiro atoms. The number of tetrazole rings is 1. The zero-order valence-electron chi connectivity index (χ0n) is 17.8. The Morgan fingerprint density at radius 2 is 1.97 bits per heavy atom. The standard InChI is InChI=1S/C19H21N7O5S2/c1-26-19(23-24-25-26)33(29,30)15-10-20-18(32-15)22-17(28)21-14-8-7-12(31-2)9-13(14)16(27)11-5-3-4-6-11/h7-11H,3-6H2,1-2H3,(H2,20,21,22,28). The van der Waals surface area contributed by atoms with E-state index in [4.69, 9.17) is 4.74 Å². The molecule has 0 bridgehead atoms. The highest BCUT2D eigenvalue weighted by molar-refractivity contribution is 7.93. The van der Waals surface area contributed by atoms with E-state index in [1.165, 1.54) is 14.2 Å². The Labute approximate surface area is 193 Å². The number of ether oxygens (including phenoxy) is 1. The van der Waals surface area contributed by atoms with Gasteiger partial charge in [-0.25, -0.2) is 22.9 Å². The Morgan fingerprint density at radius 1 is 1.21 bits per heavy atom. The normalized spacial score (nSPS) is 14.2. The molecule has 0 unspecified atom stereocenters. The number of benzene rings is 1. The third kappa shape index (κ3) is 4.71. The highest BCUT2D eigenvalue weighted by Gasteiger charge is 2.28. The minimum atomic E-state index is -3.98. The Morgan fingerprint density at radius 3 is 2.64 bits per heavy atom. The number of rotatable bonds is 7. The van der Waals surface area contributed by atoms with Crippen molar-refractivity contribution in [1.82, 2.24) is 25.2 Å². The van der Waals surface area contributed by atoms with E-state index < -0.39 is 15.9 Å². The molecule has 1 aliphatic rings. The fraction of sp³-hybridized carbons (Fsp3) is 0.368. The molecule has 0 atom stereocenters. The van der Waals surface area contributed by atoms with E-state index in [1.54, 1.807) is 18.2 Å². The lowest BCUT2D eigenvalue weighted by Crippen LogP contribution is -2.22. The van der Waals surface area contributed by atoms with E-state index in [0.717, 1.165) is 47.9 Å². The van der Waals surface area contributed by atoms with Crippen LogP contribution in [0.3, 0.4) is 0 Å². The van der Waals surface area contributed by atoms with Crippen LogP contribution in [-0.4, -0.2) is 52.5 Å². The number of thiazole rings is 1. The van der Waals surface area contributed by atoms with Crippen LogP contribution in [0.5, 0.6) is 5.75 Å². The number of Topliss-reactive ketones (excluding diaryl/α,β-unsaturated/α-hetero) is 1. The molecule has 1 aromatic carbocycles. The van der Waals surface area contributed by atoms with Crippen molar-refractivity contribution in [3.8, 4) is 5.75 Å². The molecule has 1 saturated carbocycles. The fourth-order valence-corrected chi connectivity index (χ4v) is 5.95. The van der Waals surface area contributed by atoms with Crippen LogP contribution >= 0.6 is 11.3 Å². The van der Waals surface area contributed by atoms with Gasteiger partial charge in [-0.05, 0) is 41.5 Å². The maximum atomic E-state index is 13.0. The van der Waals surface area contributed by atoms with Crippen LogP contribution in [0.25, 0.3) is 0 Å². The number of hydrogen-bond donors (Lipinski definition) is 2. The first kappa shape index (κ1) is 22.8. The van der Waals surface area contributed by atoms with Crippen LogP contribution in [0.15, 0.2) is 33.8 Å². The van der Waals surface area contributed by atoms with Gasteiger partial charge in [0.15, 0.2) is 10.9 Å². The lowest BCUT2D eigenvalue weighted by atomic mass is 9.95. The summed E-state index contributed by atoms with van der Waals surface area (Å²) in [6.45, 7) is 0. The van der Waals surface area contributed by atoms with Crippen LogP contribution in [0, 0.1) is 5.92 Å². The number of carbonyl (C=O) groups is 2. The Bertz CT molecular complexity index is 1300. The van der Waals surface area contributed by atoms with Crippen LogP contribution in [0.4, 0.5) is 15.6 Å². The fourth-order valence-electron chi connectivity index (χ4n) is 3.60. The molecule has 12 nitrogen and oxygen atoms in total. The molecule has 4 rings (SSSR count). The van der Waals surface area contributed by atoms with Crippen molar-refractivity contribution < 1.29 is 22.7 Å². The van der Waals surface area contributed by atoms with Crippen molar-refractivity contribution >= 4 is 43.8 Å². The van der Waals surface area contributed by atoms with Gasteiger partial charge in [0.05, 0.1) is 19.0 Å². The predicted molar refractivity (Wildman–Crippen MR) is 118 cm³/mol. The zero-order chi connectivity index (χ0) is 23.6. The van der Waals surface area contributed by atoms with Crippen molar-refractivity contribution in [3.63, 3.8) is 0 Å². The van der Waals surface area contributed by atoms with E-state index in [2.05, 4.69) is 31.1 Å². The smallest absolute Gasteiger partial charge is 0.325 e. The molecule has 3 aromatic rings. The molecule has 2 amide bonds. The van der Waals surface area contributed by atoms with E-state index in [9.17, 15) is 18.0 Å². The number of carbonyl (C=O) groups excluding carboxylic acids is 2. The molecule has 2 aromatic heterocycles. The van der Waals surface area contributed by atoms with E-state index in [1.807, 2.05) is 0 Å². The summed E-state index contributed by atoms with van der Waals surface area (Å²) < 4.78 is 31.4. The molecule has 2 N–H and O–H groups in total. The van der Waals surface area contributed by atoms with Gasteiger partial charge in [-0.1, -0.05) is 29.3 Å². The average molecular weight is 492 g/mol. The average Bonchev–Trinajstić information content (AvgIpc) is 3.55. The number of hydrogen-bond acceptors (Lipinski definition) is 10. The van der Waals surface area contributed by atoms with Gasteiger partial charge in [-0.3, -0.25) is 10.1 Å². The largest absolute Gasteiger partial charge is 0.497 e. The minimum absolute atomic E-state index is 0.0402. The van der Waals surface area contributed by atoms with Crippen molar-refractivity contribution in [2.75, 3.05) is 17.7 Å². The predicted octanol–water partition coefficient (Wildman–Crippen LogP) is 2.52. The lowest BCUT2D eigenvalue weighted by molar-refractivity contribution is 0.0923. The summed E-state index contributed by atoms with van der Waals surface area (Å²) in [5.41, 5.74) is 0.702. The molecule has 2 heterocycles. The summed E-state index contributed by atoms with van der Waals surface area (Å²) in [5.74, 6) is 0.388. The second kappa shape index (κ2) is 9.23. The van der Waals surface area contributed by atoms with Gasteiger partial charge in [0.25, 0.3) is 15.0 Å². The monoisotopic (exact) mass is 491 g/mol.